The summed E-state index contributed by atoms with van der Waals surface area (Å²) in [6.45, 7) is 13.2. The SMILES string of the molecule is Cc1cc(C)c(-c2[c-]c3c(cc2)-c2ccc(-c4c(C)cc(C)cc4C)cc2C3)c(C)c1.[Cl-].[Cl-].[Zr+4].c1cc[cH-]c1. The second-order valence-electron chi connectivity index (χ2n) is 10.3. The van der Waals surface area contributed by atoms with Gasteiger partial charge in [-0.15, -0.1) is 29.3 Å². The molecule has 0 nitrogen and oxygen atoms in total. The third-order valence-electron chi connectivity index (χ3n) is 7.26. The normalized spacial score (nSPS) is 10.6. The van der Waals surface area contributed by atoms with Crippen LogP contribution in [0.3, 0.4) is 0 Å². The Morgan fingerprint density at radius 3 is 1.64 bits per heavy atom. The zero-order chi connectivity index (χ0) is 25.4. The van der Waals surface area contributed by atoms with Gasteiger partial charge in [0.05, 0.1) is 0 Å². The summed E-state index contributed by atoms with van der Waals surface area (Å²) in [5.74, 6) is 0. The Morgan fingerprint density at radius 2 is 1.13 bits per heavy atom. The summed E-state index contributed by atoms with van der Waals surface area (Å²) >= 11 is 0. The van der Waals surface area contributed by atoms with Crippen molar-refractivity contribution in [1.82, 2.24) is 0 Å². The summed E-state index contributed by atoms with van der Waals surface area (Å²) in [6, 6.07) is 34.5. The molecule has 0 unspecified atom stereocenters. The van der Waals surface area contributed by atoms with Gasteiger partial charge in [0.15, 0.2) is 0 Å². The van der Waals surface area contributed by atoms with Gasteiger partial charge in [0.2, 0.25) is 0 Å². The number of fused-ring (bicyclic) bond motifs is 3. The molecule has 0 radical (unpaired) electrons. The Bertz CT molecular complexity index is 1390. The molecule has 5 aromatic carbocycles. The molecule has 0 amide bonds. The van der Waals surface area contributed by atoms with Crippen molar-refractivity contribution in [2.24, 2.45) is 0 Å². The minimum atomic E-state index is 0. The van der Waals surface area contributed by atoms with Gasteiger partial charge in [-0.2, -0.15) is 18.2 Å². The van der Waals surface area contributed by atoms with Crippen molar-refractivity contribution in [3.63, 3.8) is 0 Å². The number of hydrogen-bond acceptors (Lipinski definition) is 0. The average Bonchev–Trinajstić information content (AvgIpc) is 3.49. The molecule has 196 valence electrons. The minimum absolute atomic E-state index is 0. The molecular weight excluding hydrogens is 595 g/mol. The molecule has 3 heteroatoms. The van der Waals surface area contributed by atoms with Crippen molar-refractivity contribution in [2.45, 2.75) is 48.0 Å². The number of hydrogen-bond donors (Lipinski definition) is 0. The molecule has 0 aromatic heterocycles. The molecule has 0 bridgehead atoms. The van der Waals surface area contributed by atoms with E-state index in [-0.39, 0.29) is 51.0 Å². The van der Waals surface area contributed by atoms with Gasteiger partial charge in [0, 0.05) is 0 Å². The van der Waals surface area contributed by atoms with Crippen LogP contribution in [0.15, 0.2) is 84.9 Å². The van der Waals surface area contributed by atoms with Gasteiger partial charge in [-0.25, -0.2) is 12.1 Å². The summed E-state index contributed by atoms with van der Waals surface area (Å²) in [5, 5.41) is 0. The van der Waals surface area contributed by atoms with Crippen LogP contribution in [0.1, 0.15) is 44.5 Å². The molecule has 1 aliphatic carbocycles. The number of halogens is 2. The Balaban J connectivity index is 0.000000603. The van der Waals surface area contributed by atoms with Gasteiger partial charge in [-0.05, 0) is 75.8 Å². The Morgan fingerprint density at radius 1 is 0.615 bits per heavy atom. The predicted molar refractivity (Wildman–Crippen MR) is 155 cm³/mol. The van der Waals surface area contributed by atoms with Crippen LogP contribution in [0.4, 0.5) is 0 Å². The van der Waals surface area contributed by atoms with Crippen LogP contribution in [0.25, 0.3) is 33.4 Å². The van der Waals surface area contributed by atoms with E-state index in [9.17, 15) is 0 Å². The number of rotatable bonds is 2. The molecule has 0 saturated heterocycles. The first-order valence-corrected chi connectivity index (χ1v) is 12.8. The van der Waals surface area contributed by atoms with Crippen LogP contribution in [0.2, 0.25) is 0 Å². The molecule has 6 rings (SSSR count). The Kier molecular flexibility index (Phi) is 11.7. The second kappa shape index (κ2) is 13.9. The number of aryl methyl sites for hydroxylation is 6. The first-order valence-electron chi connectivity index (χ1n) is 12.8. The molecule has 39 heavy (non-hydrogen) atoms. The van der Waals surface area contributed by atoms with Crippen LogP contribution >= 0.6 is 0 Å². The topological polar surface area (TPSA) is 0 Å². The van der Waals surface area contributed by atoms with E-state index in [1.54, 1.807) is 0 Å². The van der Waals surface area contributed by atoms with Crippen LogP contribution in [0, 0.1) is 47.6 Å². The molecule has 0 N–H and O–H groups in total. The van der Waals surface area contributed by atoms with Crippen LogP contribution in [-0.4, -0.2) is 0 Å². The van der Waals surface area contributed by atoms with Crippen LogP contribution < -0.4 is 24.8 Å². The van der Waals surface area contributed by atoms with Crippen molar-refractivity contribution < 1.29 is 51.0 Å². The first-order chi connectivity index (χ1) is 17.3. The summed E-state index contributed by atoms with van der Waals surface area (Å²) in [4.78, 5) is 0. The van der Waals surface area contributed by atoms with Crippen molar-refractivity contribution in [3.8, 4) is 33.4 Å². The molecule has 0 saturated carbocycles. The van der Waals surface area contributed by atoms with Gasteiger partial charge in [-0.1, -0.05) is 81.4 Å². The fourth-order valence-electron chi connectivity index (χ4n) is 5.99. The van der Waals surface area contributed by atoms with Crippen LogP contribution in [-0.2, 0) is 32.6 Å². The van der Waals surface area contributed by atoms with Crippen molar-refractivity contribution in [2.75, 3.05) is 0 Å². The zero-order valence-corrected chi connectivity index (χ0v) is 27.5. The van der Waals surface area contributed by atoms with Gasteiger partial charge in [0.1, 0.15) is 0 Å². The Labute approximate surface area is 266 Å². The van der Waals surface area contributed by atoms with E-state index < -0.39 is 0 Å². The third kappa shape index (κ3) is 6.89. The molecule has 0 atom stereocenters. The summed E-state index contributed by atoms with van der Waals surface area (Å²) in [7, 11) is 0. The monoisotopic (exact) mass is 626 g/mol. The molecule has 0 spiro atoms. The summed E-state index contributed by atoms with van der Waals surface area (Å²) in [6.07, 6.45) is 0.959. The minimum Gasteiger partial charge on any atom is -1.00 e. The quantitative estimate of drug-likeness (QED) is 0.257. The summed E-state index contributed by atoms with van der Waals surface area (Å²) in [5.41, 5.74) is 18.7. The molecule has 0 aliphatic heterocycles. The maximum Gasteiger partial charge on any atom is 4.00 e. The van der Waals surface area contributed by atoms with Gasteiger partial charge >= 0.3 is 26.2 Å². The second-order valence-corrected chi connectivity index (χ2v) is 10.3. The van der Waals surface area contributed by atoms with Crippen molar-refractivity contribution in [1.29, 1.82) is 0 Å². The standard InChI is InChI=1S/C31H29.C5H5.2ClH.Zr/c1-18-11-20(3)30(21(4)12-18)24-7-9-28-26(15-24)17-27-16-25(8-10-29(27)28)31-22(5)13-19(2)14-23(31)6;1-2-4-5-3-1;;;/h7-15H,17H2,1-6H3;1-5H;2*1H;/q2*-1;;;+4/p-2. The maximum absolute atomic E-state index is 3.78. The van der Waals surface area contributed by atoms with E-state index >= 15 is 0 Å². The number of benzene rings is 4. The van der Waals surface area contributed by atoms with Gasteiger partial charge in [0.25, 0.3) is 0 Å². The fraction of sp³-hybridized carbons (Fsp3) is 0.194. The molecule has 1 aliphatic rings. The summed E-state index contributed by atoms with van der Waals surface area (Å²) < 4.78 is 0. The van der Waals surface area contributed by atoms with E-state index in [4.69, 9.17) is 0 Å². The van der Waals surface area contributed by atoms with Gasteiger partial charge < -0.3 is 24.8 Å². The first kappa shape index (κ1) is 32.9. The van der Waals surface area contributed by atoms with Crippen LogP contribution in [0.5, 0.6) is 0 Å². The van der Waals surface area contributed by atoms with Crippen molar-refractivity contribution >= 4 is 0 Å². The molecule has 0 fully saturated rings. The molecule has 5 aromatic rings. The third-order valence-corrected chi connectivity index (χ3v) is 7.26. The van der Waals surface area contributed by atoms with E-state index in [0.29, 0.717) is 0 Å². The maximum atomic E-state index is 3.78. The van der Waals surface area contributed by atoms with Crippen molar-refractivity contribution in [3.05, 3.63) is 136 Å². The average molecular weight is 629 g/mol. The van der Waals surface area contributed by atoms with E-state index in [2.05, 4.69) is 102 Å². The zero-order valence-electron chi connectivity index (χ0n) is 23.5. The van der Waals surface area contributed by atoms with E-state index in [1.165, 1.54) is 77.9 Å². The fourth-order valence-corrected chi connectivity index (χ4v) is 5.99. The Hall–Kier alpha value is -2.31. The van der Waals surface area contributed by atoms with Gasteiger partial charge in [-0.3, -0.25) is 0 Å². The van der Waals surface area contributed by atoms with E-state index in [0.717, 1.165) is 6.42 Å². The largest absolute Gasteiger partial charge is 4.00 e. The molecular formula is C36H34Cl2Zr. The smallest absolute Gasteiger partial charge is 1.00 e. The predicted octanol–water partition coefficient (Wildman–Crippen LogP) is 3.65. The van der Waals surface area contributed by atoms with E-state index in [1.807, 2.05) is 30.3 Å². The molecule has 0 heterocycles.